The van der Waals surface area contributed by atoms with Gasteiger partial charge in [-0.05, 0) is 43.5 Å². The lowest BCUT2D eigenvalue weighted by Gasteiger charge is -2.12. The highest BCUT2D eigenvalue weighted by Gasteiger charge is 2.28. The first-order valence-electron chi connectivity index (χ1n) is 10.9. The third kappa shape index (κ3) is 3.95. The lowest BCUT2D eigenvalue weighted by molar-refractivity contribution is -0.143. The minimum atomic E-state index is -0.419. The lowest BCUT2D eigenvalue weighted by Crippen LogP contribution is -2.25. The van der Waals surface area contributed by atoms with E-state index in [9.17, 15) is 14.4 Å². The molecular formula is C24H23N3O5. The predicted molar refractivity (Wildman–Crippen MR) is 119 cm³/mol. The number of benzene rings is 2. The van der Waals surface area contributed by atoms with Crippen molar-refractivity contribution in [3.63, 3.8) is 0 Å². The standard InChI is InChI=1S/C24H23N3O5/c28-22(31-15-5-14-26-19-8-3-4-9-20(19)32-24(26)30)13-12-21-25-18-7-2-1-6-17(18)23(29)27(21)16-10-11-16/h1-4,6-9,16H,5,10-15H2. The summed E-state index contributed by atoms with van der Waals surface area (Å²) in [6.45, 7) is 0.599. The number of aromatic nitrogens is 3. The van der Waals surface area contributed by atoms with Gasteiger partial charge < -0.3 is 9.15 Å². The Bertz CT molecular complexity index is 1410. The molecule has 5 rings (SSSR count). The summed E-state index contributed by atoms with van der Waals surface area (Å²) in [4.78, 5) is 41.8. The van der Waals surface area contributed by atoms with E-state index in [0.29, 0.717) is 41.7 Å². The van der Waals surface area contributed by atoms with Crippen LogP contribution in [0.1, 0.15) is 37.5 Å². The van der Waals surface area contributed by atoms with Gasteiger partial charge in [0.15, 0.2) is 5.58 Å². The molecule has 8 heteroatoms. The summed E-state index contributed by atoms with van der Waals surface area (Å²) in [7, 11) is 0. The van der Waals surface area contributed by atoms with Gasteiger partial charge in [0.2, 0.25) is 0 Å². The molecule has 0 amide bonds. The minimum Gasteiger partial charge on any atom is -0.466 e. The molecule has 0 unspecified atom stereocenters. The summed E-state index contributed by atoms with van der Waals surface area (Å²) in [6, 6.07) is 14.7. The van der Waals surface area contributed by atoms with Crippen LogP contribution in [0.2, 0.25) is 0 Å². The van der Waals surface area contributed by atoms with Crippen molar-refractivity contribution in [1.82, 2.24) is 14.1 Å². The maximum Gasteiger partial charge on any atom is 0.419 e. The lowest BCUT2D eigenvalue weighted by atomic mass is 10.2. The van der Waals surface area contributed by atoms with Crippen molar-refractivity contribution in [2.45, 2.75) is 44.7 Å². The second kappa shape index (κ2) is 8.45. The largest absolute Gasteiger partial charge is 0.466 e. The number of ether oxygens (including phenoxy) is 1. The zero-order valence-corrected chi connectivity index (χ0v) is 17.5. The van der Waals surface area contributed by atoms with Gasteiger partial charge in [-0.15, -0.1) is 0 Å². The van der Waals surface area contributed by atoms with E-state index in [-0.39, 0.29) is 30.6 Å². The van der Waals surface area contributed by atoms with Gasteiger partial charge >= 0.3 is 11.7 Å². The summed E-state index contributed by atoms with van der Waals surface area (Å²) in [6.07, 6.45) is 2.91. The van der Waals surface area contributed by atoms with Gasteiger partial charge in [-0.25, -0.2) is 9.78 Å². The first-order chi connectivity index (χ1) is 15.6. The Kier molecular flexibility index (Phi) is 5.34. The molecule has 1 aliphatic carbocycles. The van der Waals surface area contributed by atoms with Crippen LogP contribution in [0.25, 0.3) is 22.0 Å². The van der Waals surface area contributed by atoms with Gasteiger partial charge in [-0.2, -0.15) is 0 Å². The Morgan fingerprint density at radius 1 is 1.09 bits per heavy atom. The molecule has 1 saturated carbocycles. The number of carbonyl (C=O) groups is 1. The van der Waals surface area contributed by atoms with Gasteiger partial charge in [-0.1, -0.05) is 24.3 Å². The first kappa shape index (κ1) is 20.2. The monoisotopic (exact) mass is 433 g/mol. The predicted octanol–water partition coefficient (Wildman–Crippen LogP) is 3.21. The summed E-state index contributed by atoms with van der Waals surface area (Å²) < 4.78 is 13.8. The molecule has 4 aromatic rings. The maximum absolute atomic E-state index is 12.9. The average molecular weight is 433 g/mol. The van der Waals surface area contributed by atoms with Gasteiger partial charge in [-0.3, -0.25) is 18.7 Å². The Hall–Kier alpha value is -3.68. The minimum absolute atomic E-state index is 0.0424. The molecule has 0 bridgehead atoms. The van der Waals surface area contributed by atoms with Crippen molar-refractivity contribution in [3.8, 4) is 0 Å². The number of hydrogen-bond donors (Lipinski definition) is 0. The number of nitrogens with zero attached hydrogens (tertiary/aromatic N) is 3. The average Bonchev–Trinajstić information content (AvgIpc) is 3.58. The highest BCUT2D eigenvalue weighted by atomic mass is 16.5. The number of hydrogen-bond acceptors (Lipinski definition) is 6. The number of esters is 1. The molecule has 0 aliphatic heterocycles. The van der Waals surface area contributed by atoms with Crippen molar-refractivity contribution in [2.75, 3.05) is 6.61 Å². The smallest absolute Gasteiger partial charge is 0.419 e. The normalized spacial score (nSPS) is 13.6. The Morgan fingerprint density at radius 2 is 1.88 bits per heavy atom. The van der Waals surface area contributed by atoms with Crippen LogP contribution in [-0.2, 0) is 22.5 Å². The van der Waals surface area contributed by atoms with E-state index in [2.05, 4.69) is 4.98 Å². The van der Waals surface area contributed by atoms with Crippen LogP contribution in [-0.4, -0.2) is 26.7 Å². The number of para-hydroxylation sites is 3. The maximum atomic E-state index is 12.9. The number of carbonyl (C=O) groups excluding carboxylic acids is 1. The molecule has 2 heterocycles. The molecular weight excluding hydrogens is 410 g/mol. The quantitative estimate of drug-likeness (QED) is 0.313. The Labute approximate surface area is 183 Å². The number of rotatable bonds is 8. The van der Waals surface area contributed by atoms with E-state index in [1.54, 1.807) is 16.7 Å². The van der Waals surface area contributed by atoms with Crippen molar-refractivity contribution in [1.29, 1.82) is 0 Å². The SMILES string of the molecule is O=C(CCc1nc2ccccc2c(=O)n1C1CC1)OCCCn1c(=O)oc2ccccc21. The van der Waals surface area contributed by atoms with E-state index in [4.69, 9.17) is 9.15 Å². The zero-order valence-electron chi connectivity index (χ0n) is 17.5. The molecule has 2 aromatic heterocycles. The molecule has 32 heavy (non-hydrogen) atoms. The topological polar surface area (TPSA) is 96.3 Å². The molecule has 8 nitrogen and oxygen atoms in total. The second-order valence-corrected chi connectivity index (χ2v) is 8.01. The molecule has 1 fully saturated rings. The third-order valence-electron chi connectivity index (χ3n) is 5.71. The van der Waals surface area contributed by atoms with Crippen molar-refractivity contribution in [2.24, 2.45) is 0 Å². The number of oxazole rings is 1. The zero-order chi connectivity index (χ0) is 22.1. The van der Waals surface area contributed by atoms with Crippen molar-refractivity contribution >= 4 is 28.0 Å². The van der Waals surface area contributed by atoms with Crippen LogP contribution in [0.3, 0.4) is 0 Å². The van der Waals surface area contributed by atoms with Crippen molar-refractivity contribution in [3.05, 3.63) is 75.3 Å². The number of aryl methyl sites for hydroxylation is 2. The summed E-state index contributed by atoms with van der Waals surface area (Å²) in [5.74, 6) is -0.137. The van der Waals surface area contributed by atoms with Crippen LogP contribution in [0, 0.1) is 0 Å². The van der Waals surface area contributed by atoms with Crippen LogP contribution in [0.15, 0.2) is 62.5 Å². The molecule has 0 saturated heterocycles. The van der Waals surface area contributed by atoms with Gasteiger partial charge in [0.05, 0.1) is 29.4 Å². The van der Waals surface area contributed by atoms with Crippen LogP contribution < -0.4 is 11.3 Å². The molecule has 0 radical (unpaired) electrons. The molecule has 0 spiro atoms. The van der Waals surface area contributed by atoms with E-state index in [0.717, 1.165) is 18.4 Å². The van der Waals surface area contributed by atoms with E-state index < -0.39 is 5.76 Å². The molecule has 0 N–H and O–H groups in total. The molecule has 1 aliphatic rings. The summed E-state index contributed by atoms with van der Waals surface area (Å²) >= 11 is 0. The fourth-order valence-electron chi connectivity index (χ4n) is 4.00. The number of fused-ring (bicyclic) bond motifs is 2. The molecule has 2 aromatic carbocycles. The Balaban J connectivity index is 1.19. The third-order valence-corrected chi connectivity index (χ3v) is 5.71. The molecule has 0 atom stereocenters. The van der Waals surface area contributed by atoms with Crippen LogP contribution >= 0.6 is 0 Å². The van der Waals surface area contributed by atoms with Gasteiger partial charge in [0.25, 0.3) is 5.56 Å². The van der Waals surface area contributed by atoms with Crippen molar-refractivity contribution < 1.29 is 13.9 Å². The van der Waals surface area contributed by atoms with E-state index in [1.165, 1.54) is 4.57 Å². The van der Waals surface area contributed by atoms with Gasteiger partial charge in [0, 0.05) is 19.0 Å². The van der Waals surface area contributed by atoms with Crippen LogP contribution in [0.5, 0.6) is 0 Å². The highest BCUT2D eigenvalue weighted by Crippen LogP contribution is 2.34. The fraction of sp³-hybridized carbons (Fsp3) is 0.333. The second-order valence-electron chi connectivity index (χ2n) is 8.01. The van der Waals surface area contributed by atoms with E-state index >= 15 is 0 Å². The highest BCUT2D eigenvalue weighted by molar-refractivity contribution is 5.77. The van der Waals surface area contributed by atoms with Gasteiger partial charge in [0.1, 0.15) is 5.82 Å². The summed E-state index contributed by atoms with van der Waals surface area (Å²) in [5, 5.41) is 0.604. The Morgan fingerprint density at radius 3 is 2.72 bits per heavy atom. The van der Waals surface area contributed by atoms with E-state index in [1.807, 2.05) is 36.4 Å². The summed E-state index contributed by atoms with van der Waals surface area (Å²) in [5.41, 5.74) is 1.87. The first-order valence-corrected chi connectivity index (χ1v) is 10.9. The fourth-order valence-corrected chi connectivity index (χ4v) is 4.00. The van der Waals surface area contributed by atoms with Crippen LogP contribution in [0.4, 0.5) is 0 Å². The molecule has 164 valence electrons.